The van der Waals surface area contributed by atoms with Crippen molar-refractivity contribution in [1.82, 2.24) is 10.2 Å². The SMILES string of the molecule is O=C(NCc1ccc(Cl)cc1)Nc1ccc(CC(=O)N2CCS(=O)(=O)CC2)cc1. The molecule has 7 nitrogen and oxygen atoms in total. The average molecular weight is 436 g/mol. The zero-order chi connectivity index (χ0) is 20.9. The van der Waals surface area contributed by atoms with Gasteiger partial charge in [0, 0.05) is 30.3 Å². The highest BCUT2D eigenvalue weighted by atomic mass is 35.5. The average Bonchev–Trinajstić information content (AvgIpc) is 2.69. The summed E-state index contributed by atoms with van der Waals surface area (Å²) in [5, 5.41) is 6.14. The lowest BCUT2D eigenvalue weighted by Crippen LogP contribution is -2.44. The molecular weight excluding hydrogens is 414 g/mol. The summed E-state index contributed by atoms with van der Waals surface area (Å²) in [6.07, 6.45) is 0.198. The molecule has 9 heteroatoms. The summed E-state index contributed by atoms with van der Waals surface area (Å²) in [5.74, 6) is -0.0549. The second-order valence-electron chi connectivity index (χ2n) is 6.84. The molecule has 0 aromatic heterocycles. The van der Waals surface area contributed by atoms with Crippen LogP contribution in [0.4, 0.5) is 10.5 Å². The summed E-state index contributed by atoms with van der Waals surface area (Å²) in [4.78, 5) is 25.9. The van der Waals surface area contributed by atoms with Crippen LogP contribution in [0.15, 0.2) is 48.5 Å². The summed E-state index contributed by atoms with van der Waals surface area (Å²) in [5.41, 5.74) is 2.35. The summed E-state index contributed by atoms with van der Waals surface area (Å²) >= 11 is 5.83. The third-order valence-corrected chi connectivity index (χ3v) is 6.49. The van der Waals surface area contributed by atoms with E-state index < -0.39 is 9.84 Å². The van der Waals surface area contributed by atoms with Gasteiger partial charge in [-0.15, -0.1) is 0 Å². The van der Waals surface area contributed by atoms with Crippen LogP contribution in [0, 0.1) is 0 Å². The molecule has 0 bridgehead atoms. The highest BCUT2D eigenvalue weighted by molar-refractivity contribution is 7.91. The number of nitrogens with one attached hydrogen (secondary N) is 2. The van der Waals surface area contributed by atoms with Gasteiger partial charge in [0.25, 0.3) is 0 Å². The summed E-state index contributed by atoms with van der Waals surface area (Å²) < 4.78 is 22.9. The van der Waals surface area contributed by atoms with Crippen LogP contribution in [0.2, 0.25) is 5.02 Å². The molecule has 3 amide bonds. The number of nitrogens with zero attached hydrogens (tertiary/aromatic N) is 1. The first-order valence-electron chi connectivity index (χ1n) is 9.17. The molecule has 0 spiro atoms. The van der Waals surface area contributed by atoms with Crippen LogP contribution in [0.5, 0.6) is 0 Å². The first kappa shape index (κ1) is 21.1. The number of carbonyl (C=O) groups excluding carboxylic acids is 2. The molecule has 1 fully saturated rings. The monoisotopic (exact) mass is 435 g/mol. The third kappa shape index (κ3) is 6.47. The zero-order valence-electron chi connectivity index (χ0n) is 15.7. The van der Waals surface area contributed by atoms with E-state index in [1.165, 1.54) is 0 Å². The molecule has 0 saturated carbocycles. The van der Waals surface area contributed by atoms with E-state index in [0.717, 1.165) is 11.1 Å². The fourth-order valence-corrected chi connectivity index (χ4v) is 4.24. The van der Waals surface area contributed by atoms with Crippen molar-refractivity contribution in [1.29, 1.82) is 0 Å². The van der Waals surface area contributed by atoms with Gasteiger partial charge in [-0.2, -0.15) is 0 Å². The number of sulfone groups is 1. The van der Waals surface area contributed by atoms with Gasteiger partial charge >= 0.3 is 6.03 Å². The maximum absolute atomic E-state index is 12.3. The topological polar surface area (TPSA) is 95.6 Å². The molecule has 1 aliphatic rings. The van der Waals surface area contributed by atoms with Crippen LogP contribution in [0.25, 0.3) is 0 Å². The Morgan fingerprint density at radius 2 is 1.52 bits per heavy atom. The predicted octanol–water partition coefficient (Wildman–Crippen LogP) is 2.46. The number of anilines is 1. The normalized spacial score (nSPS) is 15.6. The minimum absolute atomic E-state index is 0.0206. The largest absolute Gasteiger partial charge is 0.340 e. The molecule has 3 rings (SSSR count). The second kappa shape index (κ2) is 9.28. The van der Waals surface area contributed by atoms with Crippen molar-refractivity contribution in [3.8, 4) is 0 Å². The Morgan fingerprint density at radius 1 is 0.931 bits per heavy atom. The van der Waals surface area contributed by atoms with Crippen LogP contribution in [0.1, 0.15) is 11.1 Å². The fraction of sp³-hybridized carbons (Fsp3) is 0.300. The van der Waals surface area contributed by atoms with Gasteiger partial charge in [-0.3, -0.25) is 4.79 Å². The minimum Gasteiger partial charge on any atom is -0.340 e. The molecule has 2 aromatic carbocycles. The Hall–Kier alpha value is -2.58. The van der Waals surface area contributed by atoms with Crippen molar-refractivity contribution in [2.45, 2.75) is 13.0 Å². The van der Waals surface area contributed by atoms with Crippen LogP contribution < -0.4 is 10.6 Å². The van der Waals surface area contributed by atoms with Crippen molar-refractivity contribution in [2.24, 2.45) is 0 Å². The van der Waals surface area contributed by atoms with Gasteiger partial charge in [0.2, 0.25) is 5.91 Å². The van der Waals surface area contributed by atoms with Crippen LogP contribution in [0.3, 0.4) is 0 Å². The Bertz CT molecular complexity index is 962. The fourth-order valence-electron chi connectivity index (χ4n) is 2.91. The van der Waals surface area contributed by atoms with Crippen molar-refractivity contribution < 1.29 is 18.0 Å². The maximum Gasteiger partial charge on any atom is 0.319 e. The smallest absolute Gasteiger partial charge is 0.319 e. The molecule has 0 atom stereocenters. The van der Waals surface area contributed by atoms with Crippen molar-refractivity contribution in [2.75, 3.05) is 29.9 Å². The molecule has 0 unspecified atom stereocenters. The first-order valence-corrected chi connectivity index (χ1v) is 11.4. The number of urea groups is 1. The number of halogens is 1. The lowest BCUT2D eigenvalue weighted by molar-refractivity contribution is -0.130. The zero-order valence-corrected chi connectivity index (χ0v) is 17.3. The third-order valence-electron chi connectivity index (χ3n) is 4.63. The van der Waals surface area contributed by atoms with E-state index in [-0.39, 0.29) is 43.0 Å². The number of amides is 3. The Kier molecular flexibility index (Phi) is 6.76. The van der Waals surface area contributed by atoms with E-state index in [9.17, 15) is 18.0 Å². The van der Waals surface area contributed by atoms with Gasteiger partial charge < -0.3 is 15.5 Å². The molecule has 1 aliphatic heterocycles. The molecule has 0 aliphatic carbocycles. The van der Waals surface area contributed by atoms with Crippen LogP contribution >= 0.6 is 11.6 Å². The number of carbonyl (C=O) groups is 2. The van der Waals surface area contributed by atoms with E-state index in [4.69, 9.17) is 11.6 Å². The molecule has 1 heterocycles. The summed E-state index contributed by atoms with van der Waals surface area (Å²) in [6, 6.07) is 13.9. The van der Waals surface area contributed by atoms with Crippen molar-refractivity contribution in [3.63, 3.8) is 0 Å². The van der Waals surface area contributed by atoms with E-state index in [1.54, 1.807) is 41.3 Å². The highest BCUT2D eigenvalue weighted by Crippen LogP contribution is 2.13. The van der Waals surface area contributed by atoms with Gasteiger partial charge in [0.1, 0.15) is 0 Å². The first-order chi connectivity index (χ1) is 13.8. The number of hydrogen-bond donors (Lipinski definition) is 2. The Morgan fingerprint density at radius 3 is 2.14 bits per heavy atom. The van der Waals surface area contributed by atoms with Crippen molar-refractivity contribution in [3.05, 3.63) is 64.7 Å². The van der Waals surface area contributed by atoms with Gasteiger partial charge in [0.15, 0.2) is 9.84 Å². The van der Waals surface area contributed by atoms with E-state index in [1.807, 2.05) is 12.1 Å². The summed E-state index contributed by atoms with van der Waals surface area (Å²) in [6.45, 7) is 0.865. The Labute approximate surface area is 175 Å². The molecule has 29 heavy (non-hydrogen) atoms. The van der Waals surface area contributed by atoms with Crippen LogP contribution in [-0.2, 0) is 27.6 Å². The number of hydrogen-bond acceptors (Lipinski definition) is 4. The lowest BCUT2D eigenvalue weighted by atomic mass is 10.1. The molecule has 154 valence electrons. The van der Waals surface area contributed by atoms with Gasteiger partial charge in [-0.25, -0.2) is 13.2 Å². The van der Waals surface area contributed by atoms with Gasteiger partial charge in [-0.05, 0) is 35.4 Å². The van der Waals surface area contributed by atoms with Crippen LogP contribution in [-0.4, -0.2) is 49.9 Å². The molecule has 1 saturated heterocycles. The van der Waals surface area contributed by atoms with E-state index >= 15 is 0 Å². The van der Waals surface area contributed by atoms with Gasteiger partial charge in [0.05, 0.1) is 17.9 Å². The summed E-state index contributed by atoms with van der Waals surface area (Å²) in [7, 11) is -3.01. The minimum atomic E-state index is -3.01. The second-order valence-corrected chi connectivity index (χ2v) is 9.58. The number of rotatable bonds is 5. The van der Waals surface area contributed by atoms with Crippen molar-refractivity contribution >= 4 is 39.1 Å². The predicted molar refractivity (Wildman–Crippen MR) is 113 cm³/mol. The molecule has 2 N–H and O–H groups in total. The van der Waals surface area contributed by atoms with E-state index in [0.29, 0.717) is 17.3 Å². The van der Waals surface area contributed by atoms with Gasteiger partial charge in [-0.1, -0.05) is 35.9 Å². The maximum atomic E-state index is 12.3. The molecule has 2 aromatic rings. The highest BCUT2D eigenvalue weighted by Gasteiger charge is 2.24. The quantitative estimate of drug-likeness (QED) is 0.754. The lowest BCUT2D eigenvalue weighted by Gasteiger charge is -2.26. The molecular formula is C20H22ClN3O4S. The standard InChI is InChI=1S/C20H22ClN3O4S/c21-17-5-1-16(2-6-17)14-22-20(26)23-18-7-3-15(4-8-18)13-19(25)24-9-11-29(27,28)12-10-24/h1-8H,9-14H2,(H2,22,23,26). The Balaban J connectivity index is 1.46. The molecule has 0 radical (unpaired) electrons. The van der Waals surface area contributed by atoms with E-state index in [2.05, 4.69) is 10.6 Å². The number of benzene rings is 2.